The Morgan fingerprint density at radius 2 is 2.12 bits per heavy atom. The Labute approximate surface area is 111 Å². The molecule has 0 saturated heterocycles. The third-order valence-corrected chi connectivity index (χ3v) is 4.83. The van der Waals surface area contributed by atoms with Crippen molar-refractivity contribution in [1.82, 2.24) is 5.32 Å². The number of nitrogens with one attached hydrogen (secondary N) is 1. The van der Waals surface area contributed by atoms with Crippen molar-refractivity contribution < 1.29 is 0 Å². The second-order valence-corrected chi connectivity index (χ2v) is 6.65. The third kappa shape index (κ3) is 2.73. The van der Waals surface area contributed by atoms with Crippen LogP contribution in [0.5, 0.6) is 0 Å². The minimum atomic E-state index is 0.392. The second kappa shape index (κ2) is 5.72. The fourth-order valence-electron chi connectivity index (χ4n) is 2.61. The van der Waals surface area contributed by atoms with E-state index in [1.54, 1.807) is 0 Å². The van der Waals surface area contributed by atoms with E-state index in [1.165, 1.54) is 42.6 Å². The van der Waals surface area contributed by atoms with E-state index in [1.807, 2.05) is 6.07 Å². The fourth-order valence-corrected chi connectivity index (χ4v) is 4.16. The molecule has 1 aromatic heterocycles. The molecule has 1 unspecified atom stereocenters. The van der Waals surface area contributed by atoms with E-state index in [9.17, 15) is 0 Å². The van der Waals surface area contributed by atoms with Crippen molar-refractivity contribution in [1.29, 1.82) is 0 Å². The lowest BCUT2D eigenvalue weighted by Gasteiger charge is -2.24. The quantitative estimate of drug-likeness (QED) is 0.826. The fraction of sp³-hybridized carbons (Fsp3) is 0.667. The Morgan fingerprint density at radius 3 is 2.62 bits per heavy atom. The van der Waals surface area contributed by atoms with E-state index in [0.717, 1.165) is 21.1 Å². The zero-order chi connectivity index (χ0) is 11.5. The van der Waals surface area contributed by atoms with Crippen LogP contribution in [0.15, 0.2) is 6.07 Å². The first-order valence-electron chi connectivity index (χ1n) is 5.90. The van der Waals surface area contributed by atoms with Gasteiger partial charge in [-0.2, -0.15) is 0 Å². The van der Waals surface area contributed by atoms with Crippen LogP contribution in [0, 0.1) is 5.92 Å². The van der Waals surface area contributed by atoms with Gasteiger partial charge in [-0.15, -0.1) is 11.3 Å². The van der Waals surface area contributed by atoms with Gasteiger partial charge in [-0.05, 0) is 31.4 Å². The van der Waals surface area contributed by atoms with Crippen LogP contribution in [0.1, 0.15) is 44.2 Å². The molecule has 1 aliphatic rings. The van der Waals surface area contributed by atoms with E-state index in [2.05, 4.69) is 12.2 Å². The SMILES string of the molecule is CCNC(c1cc(Cl)sc1Cl)C1CCCC1. The van der Waals surface area contributed by atoms with Gasteiger partial charge in [0, 0.05) is 11.6 Å². The van der Waals surface area contributed by atoms with Gasteiger partial charge >= 0.3 is 0 Å². The highest BCUT2D eigenvalue weighted by Gasteiger charge is 2.28. The predicted octanol–water partition coefficient (Wildman–Crippen LogP) is 4.90. The molecule has 1 saturated carbocycles. The maximum Gasteiger partial charge on any atom is 0.0992 e. The van der Waals surface area contributed by atoms with E-state index in [4.69, 9.17) is 23.2 Å². The minimum Gasteiger partial charge on any atom is -0.310 e. The maximum atomic E-state index is 6.25. The summed E-state index contributed by atoms with van der Waals surface area (Å²) in [5.41, 5.74) is 1.20. The van der Waals surface area contributed by atoms with Crippen molar-refractivity contribution in [2.24, 2.45) is 5.92 Å². The van der Waals surface area contributed by atoms with Gasteiger partial charge in [0.15, 0.2) is 0 Å². The van der Waals surface area contributed by atoms with Crippen LogP contribution < -0.4 is 5.32 Å². The number of rotatable bonds is 4. The molecule has 0 aromatic carbocycles. The van der Waals surface area contributed by atoms with Crippen LogP contribution >= 0.6 is 34.5 Å². The Kier molecular flexibility index (Phi) is 4.54. The molecule has 4 heteroatoms. The molecule has 1 aliphatic carbocycles. The average Bonchev–Trinajstić information content (AvgIpc) is 2.85. The van der Waals surface area contributed by atoms with Gasteiger partial charge in [0.05, 0.1) is 8.67 Å². The van der Waals surface area contributed by atoms with Gasteiger partial charge in [-0.1, -0.05) is 43.0 Å². The summed E-state index contributed by atoms with van der Waals surface area (Å²) in [7, 11) is 0. The molecule has 0 aliphatic heterocycles. The molecule has 1 N–H and O–H groups in total. The first-order chi connectivity index (χ1) is 7.72. The molecule has 1 atom stereocenters. The number of hydrogen-bond acceptors (Lipinski definition) is 2. The maximum absolute atomic E-state index is 6.25. The molecule has 0 radical (unpaired) electrons. The van der Waals surface area contributed by atoms with Gasteiger partial charge in [-0.25, -0.2) is 0 Å². The van der Waals surface area contributed by atoms with Crippen molar-refractivity contribution in [3.8, 4) is 0 Å². The molecule has 2 rings (SSSR count). The van der Waals surface area contributed by atoms with Crippen molar-refractivity contribution in [3.63, 3.8) is 0 Å². The van der Waals surface area contributed by atoms with Crippen LogP contribution in [0.4, 0.5) is 0 Å². The van der Waals surface area contributed by atoms with E-state index in [0.29, 0.717) is 6.04 Å². The van der Waals surface area contributed by atoms with Gasteiger partial charge in [0.1, 0.15) is 0 Å². The first kappa shape index (κ1) is 12.7. The molecule has 16 heavy (non-hydrogen) atoms. The standard InChI is InChI=1S/C12H17Cl2NS/c1-2-15-11(8-5-3-4-6-8)9-7-10(13)16-12(9)14/h7-8,11,15H,2-6H2,1H3. The Balaban J connectivity index is 2.20. The predicted molar refractivity (Wildman–Crippen MR) is 72.7 cm³/mol. The Morgan fingerprint density at radius 1 is 1.44 bits per heavy atom. The molecule has 0 spiro atoms. The molecule has 0 bridgehead atoms. The lowest BCUT2D eigenvalue weighted by atomic mass is 9.93. The van der Waals surface area contributed by atoms with Crippen LogP contribution in [-0.4, -0.2) is 6.54 Å². The molecule has 1 nitrogen and oxygen atoms in total. The average molecular weight is 278 g/mol. The van der Waals surface area contributed by atoms with Crippen LogP contribution in [0.25, 0.3) is 0 Å². The van der Waals surface area contributed by atoms with Gasteiger partial charge < -0.3 is 5.32 Å². The van der Waals surface area contributed by atoms with Gasteiger partial charge in [0.2, 0.25) is 0 Å². The zero-order valence-electron chi connectivity index (χ0n) is 9.43. The molecular formula is C12H17Cl2NS. The summed E-state index contributed by atoms with van der Waals surface area (Å²) in [6.07, 6.45) is 5.31. The van der Waals surface area contributed by atoms with E-state index in [-0.39, 0.29) is 0 Å². The van der Waals surface area contributed by atoms with Crippen LogP contribution in [0.3, 0.4) is 0 Å². The summed E-state index contributed by atoms with van der Waals surface area (Å²) in [5.74, 6) is 0.725. The molecule has 1 aromatic rings. The Hall–Kier alpha value is 0.240. The van der Waals surface area contributed by atoms with Crippen LogP contribution in [0.2, 0.25) is 8.67 Å². The zero-order valence-corrected chi connectivity index (χ0v) is 11.8. The van der Waals surface area contributed by atoms with Gasteiger partial charge in [0.25, 0.3) is 0 Å². The van der Waals surface area contributed by atoms with Gasteiger partial charge in [-0.3, -0.25) is 0 Å². The van der Waals surface area contributed by atoms with E-state index < -0.39 is 0 Å². The molecular weight excluding hydrogens is 261 g/mol. The largest absolute Gasteiger partial charge is 0.310 e. The van der Waals surface area contributed by atoms with Crippen molar-refractivity contribution >= 4 is 34.5 Å². The lowest BCUT2D eigenvalue weighted by Crippen LogP contribution is -2.26. The molecule has 0 amide bonds. The summed E-state index contributed by atoms with van der Waals surface area (Å²) in [5, 5.41) is 3.56. The summed E-state index contributed by atoms with van der Waals surface area (Å²) < 4.78 is 1.64. The first-order valence-corrected chi connectivity index (χ1v) is 7.47. The number of hydrogen-bond donors (Lipinski definition) is 1. The van der Waals surface area contributed by atoms with E-state index >= 15 is 0 Å². The third-order valence-electron chi connectivity index (χ3n) is 3.31. The normalized spacial score (nSPS) is 19.2. The minimum absolute atomic E-state index is 0.392. The highest BCUT2D eigenvalue weighted by atomic mass is 35.5. The van der Waals surface area contributed by atoms with Crippen molar-refractivity contribution in [2.45, 2.75) is 38.6 Å². The van der Waals surface area contributed by atoms with Crippen molar-refractivity contribution in [2.75, 3.05) is 6.54 Å². The molecule has 1 heterocycles. The Bertz CT molecular complexity index is 345. The topological polar surface area (TPSA) is 12.0 Å². The second-order valence-electron chi connectivity index (χ2n) is 4.36. The summed E-state index contributed by atoms with van der Waals surface area (Å²) in [6, 6.07) is 2.42. The van der Waals surface area contributed by atoms with Crippen molar-refractivity contribution in [3.05, 3.63) is 20.3 Å². The summed E-state index contributed by atoms with van der Waals surface area (Å²) in [6.45, 7) is 3.12. The monoisotopic (exact) mass is 277 g/mol. The summed E-state index contributed by atoms with van der Waals surface area (Å²) in [4.78, 5) is 0. The molecule has 1 fully saturated rings. The van der Waals surface area contributed by atoms with Crippen LogP contribution in [-0.2, 0) is 0 Å². The smallest absolute Gasteiger partial charge is 0.0992 e. The highest BCUT2D eigenvalue weighted by molar-refractivity contribution is 7.20. The number of halogens is 2. The molecule has 90 valence electrons. The summed E-state index contributed by atoms with van der Waals surface area (Å²) >= 11 is 13.7. The highest BCUT2D eigenvalue weighted by Crippen LogP contribution is 2.42. The lowest BCUT2D eigenvalue weighted by molar-refractivity contribution is 0.375. The number of thiophene rings is 1.